The smallest absolute Gasteiger partial charge is 0.251 e. The van der Waals surface area contributed by atoms with Crippen LogP contribution in [0, 0.1) is 6.92 Å². The highest BCUT2D eigenvalue weighted by Crippen LogP contribution is 2.26. The van der Waals surface area contributed by atoms with Crippen molar-refractivity contribution in [3.8, 4) is 5.75 Å². The Morgan fingerprint density at radius 2 is 1.93 bits per heavy atom. The van der Waals surface area contributed by atoms with Crippen LogP contribution < -0.4 is 20.3 Å². The molecule has 3 N–H and O–H groups in total. The number of carbonyl (C=O) groups is 2. The van der Waals surface area contributed by atoms with Crippen molar-refractivity contribution in [3.05, 3.63) is 64.9 Å². The average molecular weight is 618 g/mol. The molecule has 6 rings (SSSR count). The van der Waals surface area contributed by atoms with Crippen molar-refractivity contribution in [1.82, 2.24) is 25.1 Å². The molecule has 3 aliphatic rings. The van der Waals surface area contributed by atoms with Crippen molar-refractivity contribution in [3.63, 3.8) is 0 Å². The lowest BCUT2D eigenvalue weighted by atomic mass is 9.99. The van der Waals surface area contributed by atoms with E-state index in [1.165, 1.54) is 23.9 Å². The second-order valence-electron chi connectivity index (χ2n) is 12.3. The molecule has 12 heteroatoms. The average Bonchev–Trinajstić information content (AvgIpc) is 3.44. The summed E-state index contributed by atoms with van der Waals surface area (Å²) in [5.41, 5.74) is 3.78. The summed E-state index contributed by atoms with van der Waals surface area (Å²) in [5.74, 6) is 2.74. The lowest BCUT2D eigenvalue weighted by molar-refractivity contribution is -0.132. The SMILES string of the molecule is CC(=O)N1CC(Nc2cc(C(=O)NCC(O)CN3CCc4cc(OCc5ocnc5C)ccc4C3)cc(N3CCCCC3)n2)C1. The molecule has 1 unspecified atom stereocenters. The highest BCUT2D eigenvalue weighted by atomic mass is 16.5. The first-order valence-corrected chi connectivity index (χ1v) is 15.9. The first-order valence-electron chi connectivity index (χ1n) is 15.9. The first-order chi connectivity index (χ1) is 21.8. The second kappa shape index (κ2) is 13.9. The Hall–Kier alpha value is -4.16. The number of ether oxygens (including phenoxy) is 1. The Balaban J connectivity index is 1.02. The van der Waals surface area contributed by atoms with Crippen LogP contribution in [0.1, 0.15) is 59.1 Å². The molecule has 12 nitrogen and oxygen atoms in total. The first kappa shape index (κ1) is 30.8. The van der Waals surface area contributed by atoms with Gasteiger partial charge in [0.1, 0.15) is 24.0 Å². The molecule has 0 radical (unpaired) electrons. The molecule has 45 heavy (non-hydrogen) atoms. The number of hydrogen-bond acceptors (Lipinski definition) is 10. The molecule has 2 saturated heterocycles. The standard InChI is InChI=1S/C33H43N7O5/c1-22-30(45-21-35-22)20-44-29-7-6-25-16-38(11-8-24(25)12-29)19-28(42)15-34-33(43)26-13-31(36-27-17-40(18-27)23(2)41)37-32(14-26)39-9-4-3-5-10-39/h6-7,12-14,21,27-28,42H,3-5,8-11,15-20H2,1-2H3,(H,34,43)(H,36,37). The van der Waals surface area contributed by atoms with Gasteiger partial charge in [-0.3, -0.25) is 14.5 Å². The van der Waals surface area contributed by atoms with Crippen molar-refractivity contribution in [1.29, 1.82) is 0 Å². The van der Waals surface area contributed by atoms with Crippen molar-refractivity contribution >= 4 is 23.5 Å². The summed E-state index contributed by atoms with van der Waals surface area (Å²) in [4.78, 5) is 40.0. The number of aromatic nitrogens is 2. The molecule has 2 aromatic heterocycles. The molecule has 0 bridgehead atoms. The summed E-state index contributed by atoms with van der Waals surface area (Å²) in [5, 5.41) is 17.2. The number of anilines is 2. The van der Waals surface area contributed by atoms with Crippen LogP contribution in [-0.4, -0.2) is 94.6 Å². The number of aryl methyl sites for hydroxylation is 1. The molecular formula is C33H43N7O5. The minimum absolute atomic E-state index is 0.0597. The van der Waals surface area contributed by atoms with E-state index in [2.05, 4.69) is 37.6 Å². The quantitative estimate of drug-likeness (QED) is 0.295. The Morgan fingerprint density at radius 3 is 2.69 bits per heavy atom. The van der Waals surface area contributed by atoms with Gasteiger partial charge >= 0.3 is 0 Å². The third-order valence-electron chi connectivity index (χ3n) is 8.88. The number of rotatable bonds is 11. The molecule has 2 amide bonds. The van der Waals surface area contributed by atoms with Crippen LogP contribution in [0.3, 0.4) is 0 Å². The molecule has 3 aliphatic heterocycles. The summed E-state index contributed by atoms with van der Waals surface area (Å²) in [6.07, 6.45) is 4.97. The van der Waals surface area contributed by atoms with E-state index in [0.717, 1.165) is 68.5 Å². The van der Waals surface area contributed by atoms with Gasteiger partial charge in [-0.2, -0.15) is 0 Å². The maximum atomic E-state index is 13.3. The van der Waals surface area contributed by atoms with Crippen molar-refractivity contribution in [2.75, 3.05) is 56.0 Å². The third-order valence-corrected chi connectivity index (χ3v) is 8.88. The Labute approximate surface area is 263 Å². The third kappa shape index (κ3) is 7.74. The van der Waals surface area contributed by atoms with Gasteiger partial charge in [0, 0.05) is 64.8 Å². The molecule has 1 atom stereocenters. The number of pyridine rings is 1. The summed E-state index contributed by atoms with van der Waals surface area (Å²) < 4.78 is 11.3. The number of likely N-dealkylation sites (tertiary alicyclic amines) is 1. The molecule has 5 heterocycles. The number of nitrogens with zero attached hydrogens (tertiary/aromatic N) is 5. The highest BCUT2D eigenvalue weighted by molar-refractivity contribution is 5.95. The molecule has 240 valence electrons. The zero-order valence-electron chi connectivity index (χ0n) is 26.1. The van der Waals surface area contributed by atoms with Crippen LogP contribution in [0.15, 0.2) is 41.1 Å². The lowest BCUT2D eigenvalue weighted by Gasteiger charge is -2.39. The van der Waals surface area contributed by atoms with Gasteiger partial charge in [-0.25, -0.2) is 9.97 Å². The number of amides is 2. The van der Waals surface area contributed by atoms with E-state index in [0.29, 0.717) is 37.6 Å². The summed E-state index contributed by atoms with van der Waals surface area (Å²) in [6.45, 7) is 9.01. The molecule has 1 aromatic carbocycles. The monoisotopic (exact) mass is 617 g/mol. The van der Waals surface area contributed by atoms with Gasteiger partial charge < -0.3 is 34.7 Å². The number of aliphatic hydroxyl groups is 1. The van der Waals surface area contributed by atoms with Gasteiger partial charge in [-0.05, 0) is 68.0 Å². The lowest BCUT2D eigenvalue weighted by Crippen LogP contribution is -2.56. The largest absolute Gasteiger partial charge is 0.486 e. The predicted molar refractivity (Wildman–Crippen MR) is 169 cm³/mol. The second-order valence-corrected chi connectivity index (χ2v) is 12.3. The Kier molecular flexibility index (Phi) is 9.50. The van der Waals surface area contributed by atoms with Crippen molar-refractivity contribution in [2.24, 2.45) is 0 Å². The fraction of sp³-hybridized carbons (Fsp3) is 0.515. The topological polar surface area (TPSA) is 136 Å². The minimum Gasteiger partial charge on any atom is -0.486 e. The van der Waals surface area contributed by atoms with E-state index < -0.39 is 6.10 Å². The van der Waals surface area contributed by atoms with Gasteiger partial charge in [-0.15, -0.1) is 0 Å². The predicted octanol–water partition coefficient (Wildman–Crippen LogP) is 2.74. The summed E-state index contributed by atoms with van der Waals surface area (Å²) in [6, 6.07) is 9.83. The molecule has 0 spiro atoms. The maximum absolute atomic E-state index is 13.3. The minimum atomic E-state index is -0.711. The Bertz CT molecular complexity index is 1500. The molecule has 3 aromatic rings. The number of piperidine rings is 1. The van der Waals surface area contributed by atoms with E-state index in [-0.39, 0.29) is 24.4 Å². The van der Waals surface area contributed by atoms with E-state index in [1.807, 2.05) is 19.1 Å². The van der Waals surface area contributed by atoms with E-state index in [1.54, 1.807) is 17.9 Å². The Morgan fingerprint density at radius 1 is 1.11 bits per heavy atom. The number of benzene rings is 1. The van der Waals surface area contributed by atoms with Crippen LogP contribution in [0.2, 0.25) is 0 Å². The fourth-order valence-corrected chi connectivity index (χ4v) is 6.16. The van der Waals surface area contributed by atoms with Crippen molar-refractivity contribution in [2.45, 2.75) is 64.8 Å². The van der Waals surface area contributed by atoms with Gasteiger partial charge in [0.05, 0.1) is 17.8 Å². The van der Waals surface area contributed by atoms with Gasteiger partial charge in [0.25, 0.3) is 5.91 Å². The number of carbonyl (C=O) groups excluding carboxylic acids is 2. The number of nitrogens with one attached hydrogen (secondary N) is 2. The van der Waals surface area contributed by atoms with E-state index in [4.69, 9.17) is 14.1 Å². The summed E-state index contributed by atoms with van der Waals surface area (Å²) in [7, 11) is 0. The van der Waals surface area contributed by atoms with Crippen LogP contribution in [0.25, 0.3) is 0 Å². The van der Waals surface area contributed by atoms with Crippen molar-refractivity contribution < 1.29 is 23.8 Å². The molecular weight excluding hydrogens is 574 g/mol. The maximum Gasteiger partial charge on any atom is 0.251 e. The number of aliphatic hydroxyl groups excluding tert-OH is 1. The number of fused-ring (bicyclic) bond motifs is 1. The zero-order chi connectivity index (χ0) is 31.3. The summed E-state index contributed by atoms with van der Waals surface area (Å²) >= 11 is 0. The van der Waals surface area contributed by atoms with Crippen LogP contribution in [0.4, 0.5) is 11.6 Å². The fourth-order valence-electron chi connectivity index (χ4n) is 6.16. The highest BCUT2D eigenvalue weighted by Gasteiger charge is 2.29. The van der Waals surface area contributed by atoms with E-state index in [9.17, 15) is 14.7 Å². The molecule has 0 saturated carbocycles. The normalized spacial score (nSPS) is 17.8. The van der Waals surface area contributed by atoms with Crippen LogP contribution in [0.5, 0.6) is 5.75 Å². The van der Waals surface area contributed by atoms with Gasteiger partial charge in [-0.1, -0.05) is 6.07 Å². The van der Waals surface area contributed by atoms with Crippen LogP contribution in [-0.2, 0) is 24.4 Å². The zero-order valence-corrected chi connectivity index (χ0v) is 26.1. The molecule has 2 fully saturated rings. The number of β-amino-alcohol motifs (C(OH)–C–C–N with tert-alkyl or cyclic N) is 1. The number of hydrogen-bond donors (Lipinski definition) is 3. The van der Waals surface area contributed by atoms with E-state index >= 15 is 0 Å². The molecule has 0 aliphatic carbocycles. The van der Waals surface area contributed by atoms with Gasteiger partial charge in [0.2, 0.25) is 5.91 Å². The number of oxazole rings is 1. The van der Waals surface area contributed by atoms with Gasteiger partial charge in [0.15, 0.2) is 12.2 Å². The van der Waals surface area contributed by atoms with Crippen LogP contribution >= 0.6 is 0 Å².